The molecule has 0 aliphatic heterocycles. The summed E-state index contributed by atoms with van der Waals surface area (Å²) >= 11 is 0. The lowest BCUT2D eigenvalue weighted by Crippen LogP contribution is -2.08. The Morgan fingerprint density at radius 3 is 2.57 bits per heavy atom. The number of benzene rings is 1. The third kappa shape index (κ3) is 2.17. The van der Waals surface area contributed by atoms with Crippen molar-refractivity contribution in [2.24, 2.45) is 0 Å². The fourth-order valence-electron chi connectivity index (χ4n) is 1.88. The van der Waals surface area contributed by atoms with Gasteiger partial charge in [-0.1, -0.05) is 0 Å². The molecule has 2 aromatic heterocycles. The van der Waals surface area contributed by atoms with Gasteiger partial charge < -0.3 is 15.5 Å². The van der Waals surface area contributed by atoms with E-state index in [0.29, 0.717) is 5.75 Å². The summed E-state index contributed by atoms with van der Waals surface area (Å²) in [6.07, 6.45) is 1.34. The third-order valence-electron chi connectivity index (χ3n) is 2.89. The number of aromatic amines is 1. The molecule has 0 aliphatic carbocycles. The first-order chi connectivity index (χ1) is 10.0. The van der Waals surface area contributed by atoms with Crippen molar-refractivity contribution >= 4 is 26.9 Å². The highest BCUT2D eigenvalue weighted by Crippen LogP contribution is 2.26. The second kappa shape index (κ2) is 4.70. The van der Waals surface area contributed by atoms with Crippen molar-refractivity contribution in [2.75, 3.05) is 12.8 Å². The number of hydrogen-bond acceptors (Lipinski definition) is 7. The Morgan fingerprint density at radius 1 is 1.19 bits per heavy atom. The van der Waals surface area contributed by atoms with Gasteiger partial charge in [-0.2, -0.15) is 9.97 Å². The number of ether oxygens (including phenoxy) is 1. The number of aromatic nitrogens is 4. The Labute approximate surface area is 119 Å². The number of nitrogens with two attached hydrogens (primary N) is 1. The summed E-state index contributed by atoms with van der Waals surface area (Å²) < 4.78 is 30.3. The Kier molecular flexibility index (Phi) is 2.98. The second-order valence-electron chi connectivity index (χ2n) is 4.17. The summed E-state index contributed by atoms with van der Waals surface area (Å²) in [4.78, 5) is 14.5. The summed E-state index contributed by atoms with van der Waals surface area (Å²) in [5, 5.41) is -0.226. The highest BCUT2D eigenvalue weighted by atomic mass is 32.2. The topological polar surface area (TPSA) is 124 Å². The number of nitrogen functional groups attached to an aromatic ring is 1. The Balaban J connectivity index is 2.21. The molecule has 0 spiro atoms. The first kappa shape index (κ1) is 13.3. The first-order valence-electron chi connectivity index (χ1n) is 5.88. The van der Waals surface area contributed by atoms with Crippen LogP contribution in [0.2, 0.25) is 0 Å². The van der Waals surface area contributed by atoms with Crippen molar-refractivity contribution in [1.29, 1.82) is 0 Å². The van der Waals surface area contributed by atoms with Crippen molar-refractivity contribution in [3.05, 3.63) is 30.6 Å². The van der Waals surface area contributed by atoms with E-state index in [0.717, 1.165) is 0 Å². The van der Waals surface area contributed by atoms with Crippen molar-refractivity contribution in [1.82, 2.24) is 19.9 Å². The van der Waals surface area contributed by atoms with Crippen LogP contribution in [0.1, 0.15) is 0 Å². The Hall–Kier alpha value is -2.68. The molecule has 3 rings (SSSR count). The average Bonchev–Trinajstić information content (AvgIpc) is 2.94. The number of methoxy groups -OCH3 is 1. The van der Waals surface area contributed by atoms with E-state index in [-0.39, 0.29) is 27.0 Å². The Morgan fingerprint density at radius 2 is 1.90 bits per heavy atom. The summed E-state index contributed by atoms with van der Waals surface area (Å²) in [7, 11) is -2.35. The lowest BCUT2D eigenvalue weighted by atomic mass is 10.3. The molecule has 0 aliphatic rings. The van der Waals surface area contributed by atoms with Gasteiger partial charge in [0.2, 0.25) is 15.8 Å². The van der Waals surface area contributed by atoms with Crippen LogP contribution in [0.3, 0.4) is 0 Å². The lowest BCUT2D eigenvalue weighted by Gasteiger charge is -2.06. The molecule has 0 radical (unpaired) electrons. The van der Waals surface area contributed by atoms with Crippen LogP contribution in [0, 0.1) is 0 Å². The molecular formula is C12H11N5O3S. The van der Waals surface area contributed by atoms with Crippen LogP contribution in [0.4, 0.5) is 5.95 Å². The molecule has 2 heterocycles. The van der Waals surface area contributed by atoms with E-state index in [1.807, 2.05) is 0 Å². The molecular weight excluding hydrogens is 294 g/mol. The van der Waals surface area contributed by atoms with Crippen molar-refractivity contribution < 1.29 is 13.2 Å². The zero-order valence-corrected chi connectivity index (χ0v) is 11.8. The number of rotatable bonds is 3. The molecule has 0 amide bonds. The van der Waals surface area contributed by atoms with E-state index in [9.17, 15) is 8.42 Å². The number of anilines is 1. The first-order valence-corrected chi connectivity index (χ1v) is 7.36. The van der Waals surface area contributed by atoms with Gasteiger partial charge in [0.1, 0.15) is 11.3 Å². The summed E-state index contributed by atoms with van der Waals surface area (Å²) in [6.45, 7) is 0. The van der Waals surface area contributed by atoms with Crippen molar-refractivity contribution in [3.8, 4) is 5.75 Å². The minimum Gasteiger partial charge on any atom is -0.497 e. The maximum atomic E-state index is 12.7. The number of imidazole rings is 1. The SMILES string of the molecule is COc1ccc(S(=O)(=O)c2nc(N)nc3[nH]cnc23)cc1. The monoisotopic (exact) mass is 305 g/mol. The minimum atomic E-state index is -3.85. The summed E-state index contributed by atoms with van der Waals surface area (Å²) in [5.41, 5.74) is 5.98. The molecule has 8 nitrogen and oxygen atoms in total. The lowest BCUT2D eigenvalue weighted by molar-refractivity contribution is 0.414. The second-order valence-corrected chi connectivity index (χ2v) is 6.03. The molecule has 9 heteroatoms. The molecule has 3 aromatic rings. The van der Waals surface area contributed by atoms with E-state index in [1.54, 1.807) is 12.1 Å². The molecule has 0 atom stereocenters. The molecule has 0 bridgehead atoms. The highest BCUT2D eigenvalue weighted by molar-refractivity contribution is 7.91. The molecule has 0 saturated heterocycles. The normalized spacial score (nSPS) is 11.7. The predicted octanol–water partition coefficient (Wildman–Crippen LogP) is 0.776. The molecule has 21 heavy (non-hydrogen) atoms. The average molecular weight is 305 g/mol. The van der Waals surface area contributed by atoms with Gasteiger partial charge in [0.05, 0.1) is 18.3 Å². The number of fused-ring (bicyclic) bond motifs is 1. The van der Waals surface area contributed by atoms with Gasteiger partial charge in [-0.05, 0) is 24.3 Å². The molecule has 3 N–H and O–H groups in total. The van der Waals surface area contributed by atoms with Crippen LogP contribution < -0.4 is 10.5 Å². The maximum Gasteiger partial charge on any atom is 0.226 e. The maximum absolute atomic E-state index is 12.7. The smallest absolute Gasteiger partial charge is 0.226 e. The fraction of sp³-hybridized carbons (Fsp3) is 0.0833. The number of sulfone groups is 1. The Bertz CT molecular complexity index is 902. The van der Waals surface area contributed by atoms with Gasteiger partial charge in [0.25, 0.3) is 0 Å². The number of nitrogens with one attached hydrogen (secondary N) is 1. The van der Waals surface area contributed by atoms with Crippen LogP contribution in [-0.4, -0.2) is 35.5 Å². The standard InChI is InChI=1S/C12H11N5O3S/c1-20-7-2-4-8(5-3-7)21(18,19)11-9-10(15-6-14-9)16-12(13)17-11/h2-6H,1H3,(H3,13,14,15,16,17). The predicted molar refractivity (Wildman–Crippen MR) is 74.5 cm³/mol. The van der Waals surface area contributed by atoms with Gasteiger partial charge >= 0.3 is 0 Å². The van der Waals surface area contributed by atoms with Gasteiger partial charge in [0.15, 0.2) is 10.7 Å². The fourth-order valence-corrected chi connectivity index (χ4v) is 3.21. The van der Waals surface area contributed by atoms with Crippen molar-refractivity contribution in [2.45, 2.75) is 9.92 Å². The van der Waals surface area contributed by atoms with E-state index in [2.05, 4.69) is 19.9 Å². The van der Waals surface area contributed by atoms with Crippen LogP contribution in [-0.2, 0) is 9.84 Å². The van der Waals surface area contributed by atoms with Crippen molar-refractivity contribution in [3.63, 3.8) is 0 Å². The van der Waals surface area contributed by atoms with Gasteiger partial charge in [-0.25, -0.2) is 13.4 Å². The summed E-state index contributed by atoms with van der Waals surface area (Å²) in [6, 6.07) is 5.98. The van der Waals surface area contributed by atoms with E-state index < -0.39 is 9.84 Å². The molecule has 0 fully saturated rings. The highest BCUT2D eigenvalue weighted by Gasteiger charge is 2.25. The number of nitrogens with zero attached hydrogens (tertiary/aromatic N) is 3. The molecule has 0 saturated carbocycles. The number of hydrogen-bond donors (Lipinski definition) is 2. The zero-order chi connectivity index (χ0) is 15.0. The van der Waals surface area contributed by atoms with E-state index in [1.165, 1.54) is 25.6 Å². The van der Waals surface area contributed by atoms with Crippen LogP contribution in [0.15, 0.2) is 40.5 Å². The molecule has 0 unspecified atom stereocenters. The third-order valence-corrected chi connectivity index (χ3v) is 4.58. The quantitative estimate of drug-likeness (QED) is 0.685. The molecule has 108 valence electrons. The summed E-state index contributed by atoms with van der Waals surface area (Å²) in [5.74, 6) is 0.417. The zero-order valence-electron chi connectivity index (χ0n) is 10.9. The number of H-pyrrole nitrogens is 1. The van der Waals surface area contributed by atoms with Gasteiger partial charge in [0, 0.05) is 0 Å². The van der Waals surface area contributed by atoms with Gasteiger partial charge in [-0.15, -0.1) is 0 Å². The van der Waals surface area contributed by atoms with Crippen LogP contribution in [0.25, 0.3) is 11.2 Å². The van der Waals surface area contributed by atoms with E-state index >= 15 is 0 Å². The van der Waals surface area contributed by atoms with Crippen LogP contribution >= 0.6 is 0 Å². The van der Waals surface area contributed by atoms with E-state index in [4.69, 9.17) is 10.5 Å². The van der Waals surface area contributed by atoms with Crippen LogP contribution in [0.5, 0.6) is 5.75 Å². The van der Waals surface area contributed by atoms with Gasteiger partial charge in [-0.3, -0.25) is 0 Å². The largest absolute Gasteiger partial charge is 0.497 e. The molecule has 1 aromatic carbocycles. The minimum absolute atomic E-state index is 0.0747.